The fourth-order valence-corrected chi connectivity index (χ4v) is 3.22. The van der Waals surface area contributed by atoms with Crippen LogP contribution in [0, 0.1) is 0 Å². The summed E-state index contributed by atoms with van der Waals surface area (Å²) in [5.74, 6) is 0.0146. The minimum atomic E-state index is -3.18. The van der Waals surface area contributed by atoms with Crippen LogP contribution in [-0.2, 0) is 10.0 Å². The topological polar surface area (TPSA) is 54.5 Å². The van der Waals surface area contributed by atoms with Crippen molar-refractivity contribution >= 4 is 15.8 Å². The van der Waals surface area contributed by atoms with Crippen molar-refractivity contribution in [2.45, 2.75) is 6.42 Å². The van der Waals surface area contributed by atoms with Crippen LogP contribution >= 0.6 is 0 Å². The summed E-state index contributed by atoms with van der Waals surface area (Å²) in [6.45, 7) is 0.424. The largest absolute Gasteiger partial charge is 0.293 e. The van der Waals surface area contributed by atoms with Gasteiger partial charge in [-0.15, -0.1) is 0 Å². The Morgan fingerprint density at radius 1 is 1.25 bits per heavy atom. The van der Waals surface area contributed by atoms with Crippen molar-refractivity contribution < 1.29 is 13.2 Å². The lowest BCUT2D eigenvalue weighted by molar-refractivity contribution is 0.0969. The number of hydrogen-bond donors (Lipinski definition) is 0. The van der Waals surface area contributed by atoms with Gasteiger partial charge in [-0.2, -0.15) is 4.31 Å². The number of rotatable bonds is 3. The molecule has 1 aliphatic heterocycles. The lowest BCUT2D eigenvalue weighted by Gasteiger charge is -2.12. The molecule has 1 fully saturated rings. The van der Waals surface area contributed by atoms with E-state index in [0.29, 0.717) is 18.5 Å². The molecule has 0 amide bonds. The van der Waals surface area contributed by atoms with Crippen LogP contribution < -0.4 is 0 Å². The average Bonchev–Trinajstić information content (AvgIpc) is 2.59. The van der Waals surface area contributed by atoms with E-state index in [1.807, 2.05) is 6.07 Å². The van der Waals surface area contributed by atoms with Gasteiger partial charge in [0, 0.05) is 12.1 Å². The molecule has 0 aromatic heterocycles. The maximum atomic E-state index is 11.8. The molecule has 16 heavy (non-hydrogen) atoms. The van der Waals surface area contributed by atoms with E-state index in [4.69, 9.17) is 0 Å². The summed E-state index contributed by atoms with van der Waals surface area (Å²) in [4.78, 5) is 11.8. The molecule has 1 aliphatic rings. The van der Waals surface area contributed by atoms with Crippen molar-refractivity contribution in [2.75, 3.05) is 18.8 Å². The van der Waals surface area contributed by atoms with Gasteiger partial charge in [0.2, 0.25) is 10.0 Å². The molecule has 1 saturated heterocycles. The van der Waals surface area contributed by atoms with Gasteiger partial charge < -0.3 is 0 Å². The van der Waals surface area contributed by atoms with Gasteiger partial charge in [0.25, 0.3) is 0 Å². The highest BCUT2D eigenvalue weighted by Gasteiger charge is 2.29. The summed E-state index contributed by atoms with van der Waals surface area (Å²) in [6.07, 6.45) is 0.615. The van der Waals surface area contributed by atoms with Gasteiger partial charge >= 0.3 is 0 Å². The van der Waals surface area contributed by atoms with Crippen molar-refractivity contribution in [1.29, 1.82) is 0 Å². The molecule has 0 radical (unpaired) electrons. The van der Waals surface area contributed by atoms with Crippen LogP contribution in [0.5, 0.6) is 0 Å². The Balaban J connectivity index is 2.09. The molecular weight excluding hydrogens is 226 g/mol. The normalized spacial score (nSPS) is 19.8. The number of sulfonamides is 1. The quantitative estimate of drug-likeness (QED) is 0.736. The minimum Gasteiger partial charge on any atom is -0.293 e. The highest BCUT2D eigenvalue weighted by atomic mass is 32.2. The van der Waals surface area contributed by atoms with Gasteiger partial charge in [0.1, 0.15) is 0 Å². The minimum absolute atomic E-state index is 0.0354. The number of nitrogens with zero attached hydrogens (tertiary/aromatic N) is 1. The van der Waals surface area contributed by atoms with Gasteiger partial charge in [0.05, 0.1) is 12.3 Å². The van der Waals surface area contributed by atoms with Crippen LogP contribution in [0.15, 0.2) is 30.3 Å². The molecule has 0 bridgehead atoms. The predicted octanol–water partition coefficient (Wildman–Crippen LogP) is 0.905. The molecule has 0 saturated carbocycles. The SMILES string of the molecule is O=C(CN1CCCS1(=O)=O)c1ccccc1. The molecule has 5 heteroatoms. The standard InChI is InChI=1S/C11H13NO3S/c13-11(10-5-2-1-3-6-10)9-12-7-4-8-16(12,14)15/h1-3,5-6H,4,7-9H2. The van der Waals surface area contributed by atoms with E-state index in [1.54, 1.807) is 24.3 Å². The van der Waals surface area contributed by atoms with E-state index in [9.17, 15) is 13.2 Å². The van der Waals surface area contributed by atoms with Gasteiger partial charge in [-0.25, -0.2) is 8.42 Å². The van der Waals surface area contributed by atoms with Crippen molar-refractivity contribution in [3.05, 3.63) is 35.9 Å². The predicted molar refractivity (Wildman–Crippen MR) is 60.7 cm³/mol. The lowest BCUT2D eigenvalue weighted by Crippen LogP contribution is -2.31. The van der Waals surface area contributed by atoms with Crippen LogP contribution in [0.25, 0.3) is 0 Å². The Morgan fingerprint density at radius 2 is 1.94 bits per heavy atom. The molecule has 1 heterocycles. The highest BCUT2D eigenvalue weighted by Crippen LogP contribution is 2.14. The number of Topliss-reactive ketones (excluding diaryl/α,β-unsaturated/α-hetero) is 1. The first-order chi connectivity index (χ1) is 7.59. The van der Waals surface area contributed by atoms with E-state index in [-0.39, 0.29) is 18.1 Å². The van der Waals surface area contributed by atoms with Gasteiger partial charge in [-0.05, 0) is 6.42 Å². The van der Waals surface area contributed by atoms with Crippen molar-refractivity contribution in [3.63, 3.8) is 0 Å². The first-order valence-corrected chi connectivity index (χ1v) is 6.76. The molecule has 2 rings (SSSR count). The molecule has 0 N–H and O–H groups in total. The number of carbonyl (C=O) groups is 1. The van der Waals surface area contributed by atoms with Gasteiger partial charge in [0.15, 0.2) is 5.78 Å². The zero-order chi connectivity index (χ0) is 11.6. The van der Waals surface area contributed by atoms with Crippen LogP contribution in [-0.4, -0.2) is 37.3 Å². The Kier molecular flexibility index (Phi) is 3.07. The van der Waals surface area contributed by atoms with Crippen molar-refractivity contribution in [2.24, 2.45) is 0 Å². The highest BCUT2D eigenvalue weighted by molar-refractivity contribution is 7.89. The molecule has 0 spiro atoms. The molecule has 0 atom stereocenters. The molecule has 86 valence electrons. The zero-order valence-electron chi connectivity index (χ0n) is 8.80. The average molecular weight is 239 g/mol. The number of ketones is 1. The molecule has 4 nitrogen and oxygen atoms in total. The number of benzene rings is 1. The van der Waals surface area contributed by atoms with E-state index in [1.165, 1.54) is 4.31 Å². The van der Waals surface area contributed by atoms with Gasteiger partial charge in [-0.3, -0.25) is 4.79 Å². The maximum Gasteiger partial charge on any atom is 0.214 e. The second-order valence-corrected chi connectivity index (χ2v) is 5.88. The molecule has 1 aromatic rings. The first kappa shape index (κ1) is 11.3. The summed E-state index contributed by atoms with van der Waals surface area (Å²) >= 11 is 0. The zero-order valence-corrected chi connectivity index (χ0v) is 9.61. The Labute approximate surface area is 94.9 Å². The summed E-state index contributed by atoms with van der Waals surface area (Å²) < 4.78 is 24.3. The fourth-order valence-electron chi connectivity index (χ4n) is 1.74. The van der Waals surface area contributed by atoms with E-state index >= 15 is 0 Å². The second-order valence-electron chi connectivity index (χ2n) is 3.79. The number of hydrogen-bond acceptors (Lipinski definition) is 3. The Bertz CT molecular complexity index is 481. The fraction of sp³-hybridized carbons (Fsp3) is 0.364. The summed E-state index contributed by atoms with van der Waals surface area (Å²) in [5, 5.41) is 0. The maximum absolute atomic E-state index is 11.8. The van der Waals surface area contributed by atoms with Crippen molar-refractivity contribution in [1.82, 2.24) is 4.31 Å². The van der Waals surface area contributed by atoms with Crippen LogP contribution in [0.1, 0.15) is 16.8 Å². The third kappa shape index (κ3) is 2.31. The monoisotopic (exact) mass is 239 g/mol. The molecule has 1 aromatic carbocycles. The van der Waals surface area contributed by atoms with E-state index in [0.717, 1.165) is 0 Å². The number of carbonyl (C=O) groups excluding carboxylic acids is 1. The summed E-state index contributed by atoms with van der Waals surface area (Å²) in [5.41, 5.74) is 0.560. The summed E-state index contributed by atoms with van der Waals surface area (Å²) in [7, 11) is -3.18. The molecular formula is C11H13NO3S. The van der Waals surface area contributed by atoms with E-state index in [2.05, 4.69) is 0 Å². The summed E-state index contributed by atoms with van der Waals surface area (Å²) in [6, 6.07) is 8.76. The lowest BCUT2D eigenvalue weighted by atomic mass is 10.1. The second kappa shape index (κ2) is 4.35. The smallest absolute Gasteiger partial charge is 0.214 e. The van der Waals surface area contributed by atoms with Crippen LogP contribution in [0.2, 0.25) is 0 Å². The van der Waals surface area contributed by atoms with Crippen molar-refractivity contribution in [3.8, 4) is 0 Å². The Hall–Kier alpha value is -1.20. The Morgan fingerprint density at radius 3 is 2.50 bits per heavy atom. The van der Waals surface area contributed by atoms with Gasteiger partial charge in [-0.1, -0.05) is 30.3 Å². The van der Waals surface area contributed by atoms with Crippen LogP contribution in [0.4, 0.5) is 0 Å². The molecule has 0 aliphatic carbocycles. The van der Waals surface area contributed by atoms with Crippen LogP contribution in [0.3, 0.4) is 0 Å². The third-order valence-corrected chi connectivity index (χ3v) is 4.52. The first-order valence-electron chi connectivity index (χ1n) is 5.16. The van der Waals surface area contributed by atoms with E-state index < -0.39 is 10.0 Å². The third-order valence-electron chi connectivity index (χ3n) is 2.62. The molecule has 0 unspecified atom stereocenters.